The molecule has 0 aliphatic carbocycles. The number of carboxylic acid groups (broad SMARTS) is 1. The molecule has 1 aromatic carbocycles. The lowest BCUT2D eigenvalue weighted by Crippen LogP contribution is -1.96. The smallest absolute Gasteiger partial charge is 0.328 e. The summed E-state index contributed by atoms with van der Waals surface area (Å²) >= 11 is 0. The molecule has 0 aliphatic rings. The molecular weight excluding hydrogens is 216 g/mol. The molecule has 0 atom stereocenters. The predicted molar refractivity (Wildman–Crippen MR) is 68.1 cm³/mol. The fourth-order valence-corrected chi connectivity index (χ4v) is 1.42. The normalized spacial score (nSPS) is 10.6. The van der Waals surface area contributed by atoms with Crippen LogP contribution in [0.5, 0.6) is 5.75 Å². The number of benzene rings is 1. The summed E-state index contributed by atoms with van der Waals surface area (Å²) in [7, 11) is 0. The Morgan fingerprint density at radius 3 is 2.94 bits per heavy atom. The lowest BCUT2D eigenvalue weighted by Gasteiger charge is -2.06. The fourth-order valence-electron chi connectivity index (χ4n) is 1.42. The van der Waals surface area contributed by atoms with Gasteiger partial charge in [0.15, 0.2) is 0 Å². The van der Waals surface area contributed by atoms with Gasteiger partial charge in [0.25, 0.3) is 0 Å². The van der Waals surface area contributed by atoms with Crippen molar-refractivity contribution in [3.63, 3.8) is 0 Å². The van der Waals surface area contributed by atoms with Crippen LogP contribution in [0.25, 0.3) is 6.08 Å². The van der Waals surface area contributed by atoms with E-state index in [0.29, 0.717) is 6.61 Å². The maximum atomic E-state index is 10.4. The van der Waals surface area contributed by atoms with Gasteiger partial charge in [-0.1, -0.05) is 31.9 Å². The third-order valence-corrected chi connectivity index (χ3v) is 2.29. The van der Waals surface area contributed by atoms with Crippen molar-refractivity contribution in [3.05, 3.63) is 35.9 Å². The Morgan fingerprint density at radius 2 is 2.24 bits per heavy atom. The lowest BCUT2D eigenvalue weighted by atomic mass is 10.2. The van der Waals surface area contributed by atoms with Crippen LogP contribution in [0.4, 0.5) is 0 Å². The van der Waals surface area contributed by atoms with E-state index in [1.165, 1.54) is 12.8 Å². The topological polar surface area (TPSA) is 46.5 Å². The van der Waals surface area contributed by atoms with E-state index < -0.39 is 5.97 Å². The summed E-state index contributed by atoms with van der Waals surface area (Å²) in [5, 5.41) is 8.53. The Hall–Kier alpha value is -1.77. The molecule has 0 radical (unpaired) electrons. The van der Waals surface area contributed by atoms with E-state index in [1.54, 1.807) is 6.08 Å². The van der Waals surface area contributed by atoms with Crippen molar-refractivity contribution in [2.24, 2.45) is 0 Å². The molecule has 0 amide bonds. The highest BCUT2D eigenvalue weighted by atomic mass is 16.5. The van der Waals surface area contributed by atoms with Crippen molar-refractivity contribution in [1.29, 1.82) is 0 Å². The summed E-state index contributed by atoms with van der Waals surface area (Å²) in [6.07, 6.45) is 6.06. The summed E-state index contributed by atoms with van der Waals surface area (Å²) in [4.78, 5) is 10.4. The molecule has 0 fully saturated rings. The number of hydrogen-bond acceptors (Lipinski definition) is 2. The molecule has 3 heteroatoms. The molecule has 0 bridgehead atoms. The van der Waals surface area contributed by atoms with E-state index in [1.807, 2.05) is 24.3 Å². The van der Waals surface area contributed by atoms with E-state index in [9.17, 15) is 4.79 Å². The van der Waals surface area contributed by atoms with Gasteiger partial charge in [-0.2, -0.15) is 0 Å². The van der Waals surface area contributed by atoms with Crippen molar-refractivity contribution in [2.75, 3.05) is 6.61 Å². The summed E-state index contributed by atoms with van der Waals surface area (Å²) in [5.41, 5.74) is 0.834. The van der Waals surface area contributed by atoms with Gasteiger partial charge in [-0.15, -0.1) is 0 Å². The zero-order valence-electron chi connectivity index (χ0n) is 10.1. The largest absolute Gasteiger partial charge is 0.494 e. The highest BCUT2D eigenvalue weighted by molar-refractivity contribution is 5.85. The Balaban J connectivity index is 2.50. The van der Waals surface area contributed by atoms with Crippen LogP contribution in [0.15, 0.2) is 30.3 Å². The number of carboxylic acids is 1. The molecule has 3 nitrogen and oxygen atoms in total. The Kier molecular flexibility index (Phi) is 5.86. The summed E-state index contributed by atoms with van der Waals surface area (Å²) < 4.78 is 5.57. The van der Waals surface area contributed by atoms with Crippen LogP contribution < -0.4 is 4.74 Å². The SMILES string of the molecule is CCCCCOc1cccc(/C=C\C(=O)O)c1. The monoisotopic (exact) mass is 234 g/mol. The van der Waals surface area contributed by atoms with Crippen LogP contribution in [0.2, 0.25) is 0 Å². The van der Waals surface area contributed by atoms with Crippen LogP contribution in [0, 0.1) is 0 Å². The Labute approximate surface area is 102 Å². The first-order valence-electron chi connectivity index (χ1n) is 5.86. The fraction of sp³-hybridized carbons (Fsp3) is 0.357. The van der Waals surface area contributed by atoms with Gasteiger partial charge in [0.2, 0.25) is 0 Å². The van der Waals surface area contributed by atoms with Gasteiger partial charge in [-0.25, -0.2) is 4.79 Å². The standard InChI is InChI=1S/C14H18O3/c1-2-3-4-10-17-13-7-5-6-12(11-13)8-9-14(15)16/h5-9,11H,2-4,10H2,1H3,(H,15,16)/b9-8-. The first kappa shape index (κ1) is 13.3. The van der Waals surface area contributed by atoms with Crippen molar-refractivity contribution in [2.45, 2.75) is 26.2 Å². The third-order valence-electron chi connectivity index (χ3n) is 2.29. The van der Waals surface area contributed by atoms with E-state index in [-0.39, 0.29) is 0 Å². The molecule has 0 saturated heterocycles. The first-order chi connectivity index (χ1) is 8.22. The van der Waals surface area contributed by atoms with Crippen molar-refractivity contribution in [3.8, 4) is 5.75 Å². The minimum absolute atomic E-state index is 0.708. The molecule has 0 unspecified atom stereocenters. The molecule has 1 aromatic rings. The van der Waals surface area contributed by atoms with Gasteiger partial charge in [0.1, 0.15) is 5.75 Å². The molecule has 0 heterocycles. The van der Waals surface area contributed by atoms with Gasteiger partial charge in [0, 0.05) is 6.08 Å². The second-order valence-corrected chi connectivity index (χ2v) is 3.80. The van der Waals surface area contributed by atoms with Crippen molar-refractivity contribution >= 4 is 12.0 Å². The van der Waals surface area contributed by atoms with Crippen molar-refractivity contribution in [1.82, 2.24) is 0 Å². The number of carbonyl (C=O) groups is 1. The van der Waals surface area contributed by atoms with Gasteiger partial charge in [-0.3, -0.25) is 0 Å². The van der Waals surface area contributed by atoms with Crippen molar-refractivity contribution < 1.29 is 14.6 Å². The Morgan fingerprint density at radius 1 is 1.41 bits per heavy atom. The zero-order valence-corrected chi connectivity index (χ0v) is 10.1. The Bertz CT molecular complexity index is 383. The molecule has 92 valence electrons. The van der Waals surface area contributed by atoms with Crippen LogP contribution >= 0.6 is 0 Å². The van der Waals surface area contributed by atoms with Crippen LogP contribution in [-0.2, 0) is 4.79 Å². The zero-order chi connectivity index (χ0) is 12.5. The first-order valence-corrected chi connectivity index (χ1v) is 5.86. The van der Waals surface area contributed by atoms with Gasteiger partial charge in [0.05, 0.1) is 6.61 Å². The highest BCUT2D eigenvalue weighted by Crippen LogP contribution is 2.15. The summed E-state index contributed by atoms with van der Waals surface area (Å²) in [6.45, 7) is 2.86. The molecule has 0 saturated carbocycles. The predicted octanol–water partition coefficient (Wildman–Crippen LogP) is 3.35. The maximum absolute atomic E-state index is 10.4. The van der Waals surface area contributed by atoms with Crippen LogP contribution in [0.1, 0.15) is 31.7 Å². The number of ether oxygens (including phenoxy) is 1. The molecule has 0 aromatic heterocycles. The quantitative estimate of drug-likeness (QED) is 0.581. The lowest BCUT2D eigenvalue weighted by molar-refractivity contribution is -0.131. The minimum atomic E-state index is -0.945. The maximum Gasteiger partial charge on any atom is 0.328 e. The van der Waals surface area contributed by atoms with E-state index in [4.69, 9.17) is 9.84 Å². The van der Waals surface area contributed by atoms with Crippen LogP contribution in [-0.4, -0.2) is 17.7 Å². The van der Waals surface area contributed by atoms with E-state index >= 15 is 0 Å². The summed E-state index contributed by atoms with van der Waals surface area (Å²) in [5.74, 6) is -0.159. The van der Waals surface area contributed by atoms with E-state index in [2.05, 4.69) is 6.92 Å². The molecule has 1 N–H and O–H groups in total. The van der Waals surface area contributed by atoms with Crippen LogP contribution in [0.3, 0.4) is 0 Å². The highest BCUT2D eigenvalue weighted by Gasteiger charge is 1.95. The average Bonchev–Trinajstić information content (AvgIpc) is 2.33. The number of rotatable bonds is 7. The molecular formula is C14H18O3. The second-order valence-electron chi connectivity index (χ2n) is 3.80. The van der Waals surface area contributed by atoms with Gasteiger partial charge < -0.3 is 9.84 Å². The second kappa shape index (κ2) is 7.49. The molecule has 0 spiro atoms. The number of hydrogen-bond donors (Lipinski definition) is 1. The number of aliphatic carboxylic acids is 1. The number of unbranched alkanes of at least 4 members (excludes halogenated alkanes) is 2. The molecule has 1 rings (SSSR count). The summed E-state index contributed by atoms with van der Waals surface area (Å²) in [6, 6.07) is 7.42. The molecule has 0 aliphatic heterocycles. The minimum Gasteiger partial charge on any atom is -0.494 e. The van der Waals surface area contributed by atoms with Gasteiger partial charge >= 0.3 is 5.97 Å². The molecule has 17 heavy (non-hydrogen) atoms. The van der Waals surface area contributed by atoms with E-state index in [0.717, 1.165) is 23.8 Å². The third kappa shape index (κ3) is 5.76. The average molecular weight is 234 g/mol. The van der Waals surface area contributed by atoms with Gasteiger partial charge in [-0.05, 0) is 30.2 Å².